The molecule has 0 atom stereocenters. The van der Waals surface area contributed by atoms with Crippen molar-refractivity contribution in [2.45, 2.75) is 20.0 Å². The highest BCUT2D eigenvalue weighted by molar-refractivity contribution is 6.30. The van der Waals surface area contributed by atoms with Gasteiger partial charge in [-0.05, 0) is 42.8 Å². The van der Waals surface area contributed by atoms with Gasteiger partial charge in [0, 0.05) is 17.0 Å². The van der Waals surface area contributed by atoms with Crippen molar-refractivity contribution in [2.75, 3.05) is 0 Å². The van der Waals surface area contributed by atoms with E-state index in [4.69, 9.17) is 16.3 Å². The van der Waals surface area contributed by atoms with Crippen LogP contribution in [-0.4, -0.2) is 5.78 Å². The highest BCUT2D eigenvalue weighted by atomic mass is 35.5. The Balaban J connectivity index is 2.00. The zero-order valence-electron chi connectivity index (χ0n) is 11.0. The molecule has 0 aromatic heterocycles. The summed E-state index contributed by atoms with van der Waals surface area (Å²) in [5.41, 5.74) is 1.34. The van der Waals surface area contributed by atoms with E-state index in [0.717, 1.165) is 5.56 Å². The van der Waals surface area contributed by atoms with Gasteiger partial charge in [0.15, 0.2) is 0 Å². The van der Waals surface area contributed by atoms with Gasteiger partial charge in [-0.1, -0.05) is 23.7 Å². The molecule has 0 radical (unpaired) electrons. The van der Waals surface area contributed by atoms with Crippen LogP contribution >= 0.6 is 11.6 Å². The summed E-state index contributed by atoms with van der Waals surface area (Å²) in [4.78, 5) is 11.0. The number of halogens is 2. The molecule has 104 valence electrons. The third-order valence-corrected chi connectivity index (χ3v) is 3.01. The van der Waals surface area contributed by atoms with Crippen molar-refractivity contribution in [3.8, 4) is 5.75 Å². The average molecular weight is 293 g/mol. The van der Waals surface area contributed by atoms with Crippen LogP contribution in [0.25, 0.3) is 0 Å². The Morgan fingerprint density at radius 3 is 2.55 bits per heavy atom. The number of rotatable bonds is 5. The summed E-state index contributed by atoms with van der Waals surface area (Å²) in [6.45, 7) is 1.66. The highest BCUT2D eigenvalue weighted by Gasteiger charge is 2.04. The standard InChI is InChI=1S/C16H14ClFO2/c1-11(19)8-12-2-5-15(6-3-12)20-10-13-9-14(17)4-7-16(13)18/h2-7,9H,8,10H2,1H3. The highest BCUT2D eigenvalue weighted by Crippen LogP contribution is 2.18. The zero-order valence-corrected chi connectivity index (χ0v) is 11.8. The lowest BCUT2D eigenvalue weighted by atomic mass is 10.1. The molecule has 2 rings (SSSR count). The Labute approximate surface area is 122 Å². The molecule has 0 amide bonds. The molecule has 0 aliphatic carbocycles. The van der Waals surface area contributed by atoms with Gasteiger partial charge in [0.2, 0.25) is 0 Å². The lowest BCUT2D eigenvalue weighted by molar-refractivity contribution is -0.116. The second kappa shape index (κ2) is 6.53. The topological polar surface area (TPSA) is 26.3 Å². The van der Waals surface area contributed by atoms with E-state index in [-0.39, 0.29) is 18.2 Å². The van der Waals surface area contributed by atoms with Gasteiger partial charge in [0.1, 0.15) is 24.0 Å². The normalized spacial score (nSPS) is 10.3. The van der Waals surface area contributed by atoms with Gasteiger partial charge in [0.25, 0.3) is 0 Å². The third kappa shape index (κ3) is 4.07. The van der Waals surface area contributed by atoms with Crippen molar-refractivity contribution in [3.63, 3.8) is 0 Å². The van der Waals surface area contributed by atoms with Crippen LogP contribution in [-0.2, 0) is 17.8 Å². The number of Topliss-reactive ketones (excluding diaryl/α,β-unsaturated/α-hetero) is 1. The Morgan fingerprint density at radius 1 is 1.20 bits per heavy atom. The van der Waals surface area contributed by atoms with Crippen molar-refractivity contribution in [2.24, 2.45) is 0 Å². The van der Waals surface area contributed by atoms with Crippen molar-refractivity contribution < 1.29 is 13.9 Å². The minimum absolute atomic E-state index is 0.110. The lowest BCUT2D eigenvalue weighted by Crippen LogP contribution is -1.99. The van der Waals surface area contributed by atoms with E-state index in [1.807, 2.05) is 12.1 Å². The van der Waals surface area contributed by atoms with E-state index < -0.39 is 0 Å². The molecule has 0 saturated heterocycles. The number of hydrogen-bond donors (Lipinski definition) is 0. The van der Waals surface area contributed by atoms with Gasteiger partial charge in [-0.15, -0.1) is 0 Å². The third-order valence-electron chi connectivity index (χ3n) is 2.78. The lowest BCUT2D eigenvalue weighted by Gasteiger charge is -2.08. The van der Waals surface area contributed by atoms with Gasteiger partial charge >= 0.3 is 0 Å². The Kier molecular flexibility index (Phi) is 4.74. The maximum atomic E-state index is 13.5. The first-order valence-electron chi connectivity index (χ1n) is 6.19. The van der Waals surface area contributed by atoms with Crippen LogP contribution in [0.15, 0.2) is 42.5 Å². The molecule has 2 nitrogen and oxygen atoms in total. The van der Waals surface area contributed by atoms with E-state index in [1.54, 1.807) is 25.1 Å². The van der Waals surface area contributed by atoms with Crippen LogP contribution in [0.1, 0.15) is 18.1 Å². The minimum atomic E-state index is -0.345. The molecule has 0 heterocycles. The van der Waals surface area contributed by atoms with Gasteiger partial charge in [0.05, 0.1) is 0 Å². The van der Waals surface area contributed by atoms with E-state index in [1.165, 1.54) is 12.1 Å². The molecule has 0 unspecified atom stereocenters. The molecule has 0 fully saturated rings. The molecule has 2 aromatic rings. The number of hydrogen-bond acceptors (Lipinski definition) is 2. The molecular formula is C16H14ClFO2. The number of ketones is 1. The van der Waals surface area contributed by atoms with Crippen LogP contribution in [0.3, 0.4) is 0 Å². The molecule has 0 spiro atoms. The molecular weight excluding hydrogens is 279 g/mol. The summed E-state index contributed by atoms with van der Waals surface area (Å²) in [5.74, 6) is 0.388. The van der Waals surface area contributed by atoms with Gasteiger partial charge in [-0.2, -0.15) is 0 Å². The summed E-state index contributed by atoms with van der Waals surface area (Å²) in [5, 5.41) is 0.474. The first-order chi connectivity index (χ1) is 9.54. The molecule has 0 N–H and O–H groups in total. The molecule has 0 aliphatic heterocycles. The van der Waals surface area contributed by atoms with Gasteiger partial charge in [-0.25, -0.2) is 4.39 Å². The maximum absolute atomic E-state index is 13.5. The summed E-state index contributed by atoms with van der Waals surface area (Å²) in [7, 11) is 0. The second-order valence-corrected chi connectivity index (χ2v) is 4.98. The minimum Gasteiger partial charge on any atom is -0.489 e. The fourth-order valence-electron chi connectivity index (χ4n) is 1.81. The monoisotopic (exact) mass is 292 g/mol. The summed E-state index contributed by atoms with van der Waals surface area (Å²) in [6.07, 6.45) is 0.406. The SMILES string of the molecule is CC(=O)Cc1ccc(OCc2cc(Cl)ccc2F)cc1. The van der Waals surface area contributed by atoms with Crippen molar-refractivity contribution in [3.05, 3.63) is 64.4 Å². The van der Waals surface area contributed by atoms with Crippen LogP contribution in [0.4, 0.5) is 4.39 Å². The summed E-state index contributed by atoms with van der Waals surface area (Å²) >= 11 is 5.81. The molecule has 0 bridgehead atoms. The van der Waals surface area contributed by atoms with E-state index in [9.17, 15) is 9.18 Å². The van der Waals surface area contributed by atoms with Crippen molar-refractivity contribution in [1.82, 2.24) is 0 Å². The fourth-order valence-corrected chi connectivity index (χ4v) is 2.00. The van der Waals surface area contributed by atoms with Gasteiger partial charge in [-0.3, -0.25) is 4.79 Å². The fraction of sp³-hybridized carbons (Fsp3) is 0.188. The largest absolute Gasteiger partial charge is 0.489 e. The molecule has 0 aliphatic rings. The van der Waals surface area contributed by atoms with Crippen molar-refractivity contribution >= 4 is 17.4 Å². The smallest absolute Gasteiger partial charge is 0.134 e. The molecule has 20 heavy (non-hydrogen) atoms. The van der Waals surface area contributed by atoms with Crippen molar-refractivity contribution in [1.29, 1.82) is 0 Å². The number of carbonyl (C=O) groups is 1. The van der Waals surface area contributed by atoms with Crippen LogP contribution in [0.2, 0.25) is 5.02 Å². The van der Waals surface area contributed by atoms with E-state index in [0.29, 0.717) is 22.8 Å². The molecule has 4 heteroatoms. The second-order valence-electron chi connectivity index (χ2n) is 4.55. The average Bonchev–Trinajstić information content (AvgIpc) is 2.41. The van der Waals surface area contributed by atoms with Crippen LogP contribution in [0, 0.1) is 5.82 Å². The summed E-state index contributed by atoms with van der Waals surface area (Å²) in [6, 6.07) is 11.5. The maximum Gasteiger partial charge on any atom is 0.134 e. The first kappa shape index (κ1) is 14.5. The van der Waals surface area contributed by atoms with Gasteiger partial charge < -0.3 is 4.74 Å². The Hall–Kier alpha value is -1.87. The van der Waals surface area contributed by atoms with E-state index in [2.05, 4.69) is 0 Å². The predicted octanol–water partition coefficient (Wildman–Crippen LogP) is 4.19. The molecule has 0 saturated carbocycles. The Bertz CT molecular complexity index is 608. The molecule has 2 aromatic carbocycles. The summed E-state index contributed by atoms with van der Waals surface area (Å²) < 4.78 is 19.0. The number of carbonyl (C=O) groups excluding carboxylic acids is 1. The number of ether oxygens (including phenoxy) is 1. The predicted molar refractivity (Wildman–Crippen MR) is 76.6 cm³/mol. The zero-order chi connectivity index (χ0) is 14.5. The van der Waals surface area contributed by atoms with Crippen LogP contribution < -0.4 is 4.74 Å². The number of benzene rings is 2. The quantitative estimate of drug-likeness (QED) is 0.826. The first-order valence-corrected chi connectivity index (χ1v) is 6.57. The van der Waals surface area contributed by atoms with Crippen LogP contribution in [0.5, 0.6) is 5.75 Å². The van der Waals surface area contributed by atoms with E-state index >= 15 is 0 Å². The Morgan fingerprint density at radius 2 is 1.90 bits per heavy atom.